The molecular formula is C24H17FN2O2. The summed E-state index contributed by atoms with van der Waals surface area (Å²) in [7, 11) is 0. The fourth-order valence-corrected chi connectivity index (χ4v) is 3.65. The van der Waals surface area contributed by atoms with E-state index in [-0.39, 0.29) is 23.5 Å². The van der Waals surface area contributed by atoms with E-state index in [0.717, 1.165) is 22.2 Å². The first-order valence-electron chi connectivity index (χ1n) is 9.39. The number of fused-ring (bicyclic) bond motifs is 1. The van der Waals surface area contributed by atoms with Crippen molar-refractivity contribution in [2.24, 2.45) is 5.10 Å². The molecule has 0 saturated heterocycles. The predicted molar refractivity (Wildman–Crippen MR) is 109 cm³/mol. The molecule has 5 rings (SSSR count). The molecule has 5 heteroatoms. The molecule has 4 aromatic rings. The van der Waals surface area contributed by atoms with Gasteiger partial charge in [-0.25, -0.2) is 9.40 Å². The van der Waals surface area contributed by atoms with Crippen LogP contribution in [0.2, 0.25) is 0 Å². The molecule has 29 heavy (non-hydrogen) atoms. The van der Waals surface area contributed by atoms with E-state index in [0.29, 0.717) is 12.0 Å². The van der Waals surface area contributed by atoms with Crippen LogP contribution in [-0.2, 0) is 0 Å². The third-order valence-corrected chi connectivity index (χ3v) is 5.12. The molecular weight excluding hydrogens is 367 g/mol. The van der Waals surface area contributed by atoms with Gasteiger partial charge in [0.05, 0.1) is 11.8 Å². The lowest BCUT2D eigenvalue weighted by Crippen LogP contribution is -2.26. The van der Waals surface area contributed by atoms with E-state index >= 15 is 0 Å². The molecule has 0 aliphatic carbocycles. The van der Waals surface area contributed by atoms with Gasteiger partial charge in [0, 0.05) is 11.8 Å². The Labute approximate surface area is 166 Å². The second kappa shape index (κ2) is 7.02. The number of hydrogen-bond acceptors (Lipinski definition) is 3. The summed E-state index contributed by atoms with van der Waals surface area (Å²) in [5.74, 6) is -0.399. The Kier molecular flexibility index (Phi) is 4.21. The zero-order valence-corrected chi connectivity index (χ0v) is 15.5. The molecule has 3 aromatic carbocycles. The van der Waals surface area contributed by atoms with Crippen molar-refractivity contribution < 1.29 is 13.6 Å². The van der Waals surface area contributed by atoms with Gasteiger partial charge < -0.3 is 4.42 Å². The summed E-state index contributed by atoms with van der Waals surface area (Å²) in [4.78, 5) is 13.3. The standard InChI is InChI=1S/C24H17FN2O2/c25-19-12-10-17(11-13-19)21-15-20(16-6-2-1-3-7-16)26-27(21)24(28)23-14-18-8-4-5-9-22(18)29-23/h1-14,21H,15H2. The molecule has 1 amide bonds. The molecule has 0 N–H and O–H groups in total. The van der Waals surface area contributed by atoms with Gasteiger partial charge in [0.1, 0.15) is 11.4 Å². The zero-order valence-electron chi connectivity index (χ0n) is 15.5. The average Bonchev–Trinajstić information content (AvgIpc) is 3.39. The molecule has 1 aliphatic rings. The number of rotatable bonds is 3. The highest BCUT2D eigenvalue weighted by Crippen LogP contribution is 2.34. The third kappa shape index (κ3) is 3.21. The molecule has 0 fully saturated rings. The van der Waals surface area contributed by atoms with Gasteiger partial charge >= 0.3 is 5.91 Å². The highest BCUT2D eigenvalue weighted by atomic mass is 19.1. The molecule has 1 atom stereocenters. The summed E-state index contributed by atoms with van der Waals surface area (Å²) in [6.07, 6.45) is 0.543. The fourth-order valence-electron chi connectivity index (χ4n) is 3.65. The lowest BCUT2D eigenvalue weighted by atomic mass is 9.98. The van der Waals surface area contributed by atoms with Gasteiger partial charge in [-0.3, -0.25) is 4.79 Å². The van der Waals surface area contributed by atoms with E-state index in [1.54, 1.807) is 18.2 Å². The van der Waals surface area contributed by atoms with Crippen LogP contribution in [0.5, 0.6) is 0 Å². The van der Waals surface area contributed by atoms with Gasteiger partial charge in [0.15, 0.2) is 5.76 Å². The summed E-state index contributed by atoms with van der Waals surface area (Å²) in [5, 5.41) is 6.95. The highest BCUT2D eigenvalue weighted by Gasteiger charge is 2.35. The van der Waals surface area contributed by atoms with E-state index in [1.165, 1.54) is 17.1 Å². The van der Waals surface area contributed by atoms with Gasteiger partial charge in [0.2, 0.25) is 0 Å². The molecule has 4 nitrogen and oxygen atoms in total. The normalized spacial score (nSPS) is 16.2. The van der Waals surface area contributed by atoms with Crippen molar-refractivity contribution in [3.05, 3.63) is 108 Å². The van der Waals surface area contributed by atoms with Crippen molar-refractivity contribution in [2.75, 3.05) is 0 Å². The lowest BCUT2D eigenvalue weighted by molar-refractivity contribution is 0.0681. The van der Waals surface area contributed by atoms with Crippen LogP contribution in [-0.4, -0.2) is 16.6 Å². The van der Waals surface area contributed by atoms with Crippen molar-refractivity contribution in [2.45, 2.75) is 12.5 Å². The number of amides is 1. The quantitative estimate of drug-likeness (QED) is 0.464. The topological polar surface area (TPSA) is 45.8 Å². The Hall–Kier alpha value is -3.73. The van der Waals surface area contributed by atoms with Crippen molar-refractivity contribution in [1.29, 1.82) is 0 Å². The molecule has 0 spiro atoms. The number of carbonyl (C=O) groups is 1. The smallest absolute Gasteiger partial charge is 0.310 e. The molecule has 0 saturated carbocycles. The van der Waals surface area contributed by atoms with Crippen LogP contribution in [0.25, 0.3) is 11.0 Å². The van der Waals surface area contributed by atoms with E-state index in [2.05, 4.69) is 5.10 Å². The summed E-state index contributed by atoms with van der Waals surface area (Å²) in [6.45, 7) is 0. The van der Waals surface area contributed by atoms with Crippen LogP contribution in [0.4, 0.5) is 4.39 Å². The summed E-state index contributed by atoms with van der Waals surface area (Å²) < 4.78 is 19.2. The van der Waals surface area contributed by atoms with Gasteiger partial charge in [-0.05, 0) is 35.4 Å². The van der Waals surface area contributed by atoms with Gasteiger partial charge in [0.25, 0.3) is 0 Å². The molecule has 0 radical (unpaired) electrons. The van der Waals surface area contributed by atoms with Crippen molar-refractivity contribution >= 4 is 22.6 Å². The Morgan fingerprint density at radius 3 is 2.45 bits per heavy atom. The predicted octanol–water partition coefficient (Wildman–Crippen LogP) is 5.56. The number of hydrogen-bond donors (Lipinski definition) is 0. The summed E-state index contributed by atoms with van der Waals surface area (Å²) >= 11 is 0. The number of hydrazone groups is 1. The van der Waals surface area contributed by atoms with Crippen LogP contribution in [0.3, 0.4) is 0 Å². The first kappa shape index (κ1) is 17.4. The Balaban J connectivity index is 1.55. The minimum absolute atomic E-state index is 0.233. The minimum atomic E-state index is -0.327. The van der Waals surface area contributed by atoms with Crippen LogP contribution in [0, 0.1) is 5.82 Å². The van der Waals surface area contributed by atoms with Gasteiger partial charge in [-0.1, -0.05) is 60.7 Å². The van der Waals surface area contributed by atoms with E-state index in [9.17, 15) is 9.18 Å². The molecule has 1 aromatic heterocycles. The maximum Gasteiger partial charge on any atom is 0.310 e. The van der Waals surface area contributed by atoms with Crippen molar-refractivity contribution in [3.63, 3.8) is 0 Å². The molecule has 1 aliphatic heterocycles. The second-order valence-corrected chi connectivity index (χ2v) is 6.98. The molecule has 2 heterocycles. The Morgan fingerprint density at radius 2 is 1.69 bits per heavy atom. The molecule has 142 valence electrons. The maximum absolute atomic E-state index is 13.4. The zero-order chi connectivity index (χ0) is 19.8. The number of nitrogens with zero attached hydrogens (tertiary/aromatic N) is 2. The monoisotopic (exact) mass is 384 g/mol. The first-order valence-corrected chi connectivity index (χ1v) is 9.39. The average molecular weight is 384 g/mol. The van der Waals surface area contributed by atoms with E-state index in [4.69, 9.17) is 4.42 Å². The third-order valence-electron chi connectivity index (χ3n) is 5.12. The van der Waals surface area contributed by atoms with Gasteiger partial charge in [-0.15, -0.1) is 0 Å². The SMILES string of the molecule is O=C(c1cc2ccccc2o1)N1N=C(c2ccccc2)CC1c1ccc(F)cc1. The molecule has 0 bridgehead atoms. The van der Waals surface area contributed by atoms with E-state index in [1.807, 2.05) is 54.6 Å². The number of furan rings is 1. The fraction of sp³-hybridized carbons (Fsp3) is 0.0833. The van der Waals surface area contributed by atoms with Gasteiger partial charge in [-0.2, -0.15) is 5.10 Å². The Bertz CT molecular complexity index is 1180. The minimum Gasteiger partial charge on any atom is -0.451 e. The summed E-state index contributed by atoms with van der Waals surface area (Å²) in [5.41, 5.74) is 3.25. The highest BCUT2D eigenvalue weighted by molar-refractivity contribution is 6.05. The van der Waals surface area contributed by atoms with Crippen LogP contribution in [0.1, 0.15) is 34.1 Å². The van der Waals surface area contributed by atoms with E-state index < -0.39 is 0 Å². The van der Waals surface area contributed by atoms with Crippen molar-refractivity contribution in [1.82, 2.24) is 5.01 Å². The number of halogens is 1. The summed E-state index contributed by atoms with van der Waals surface area (Å²) in [6, 6.07) is 24.8. The Morgan fingerprint density at radius 1 is 0.966 bits per heavy atom. The number of para-hydroxylation sites is 1. The number of carbonyl (C=O) groups excluding carboxylic acids is 1. The molecule has 1 unspecified atom stereocenters. The van der Waals surface area contributed by atoms with Crippen LogP contribution in [0.15, 0.2) is 94.4 Å². The largest absolute Gasteiger partial charge is 0.451 e. The number of benzene rings is 3. The maximum atomic E-state index is 13.4. The second-order valence-electron chi connectivity index (χ2n) is 6.98. The van der Waals surface area contributed by atoms with Crippen LogP contribution < -0.4 is 0 Å². The van der Waals surface area contributed by atoms with Crippen LogP contribution >= 0.6 is 0 Å². The van der Waals surface area contributed by atoms with Crippen molar-refractivity contribution in [3.8, 4) is 0 Å². The lowest BCUT2D eigenvalue weighted by Gasteiger charge is -2.21. The first-order chi connectivity index (χ1) is 14.2.